The van der Waals surface area contributed by atoms with Crippen LogP contribution in [-0.4, -0.2) is 29.4 Å². The van der Waals surface area contributed by atoms with Crippen molar-refractivity contribution in [3.8, 4) is 0 Å². The molecule has 4 unspecified atom stereocenters. The minimum atomic E-state index is -0.214. The third-order valence-electron chi connectivity index (χ3n) is 6.24. The van der Waals surface area contributed by atoms with Crippen molar-refractivity contribution in [2.75, 3.05) is 6.54 Å². The van der Waals surface area contributed by atoms with Gasteiger partial charge in [0.25, 0.3) is 0 Å². The highest BCUT2D eigenvalue weighted by Gasteiger charge is 2.39. The zero-order valence-electron chi connectivity index (χ0n) is 14.8. The molecule has 5 heteroatoms. The number of piperidine rings is 1. The van der Waals surface area contributed by atoms with Crippen LogP contribution in [0.2, 0.25) is 0 Å². The van der Waals surface area contributed by atoms with Gasteiger partial charge in [-0.1, -0.05) is 19.1 Å². The van der Waals surface area contributed by atoms with Crippen molar-refractivity contribution in [3.05, 3.63) is 35.6 Å². The smallest absolute Gasteiger partial charge is 0.223 e. The zero-order chi connectivity index (χ0) is 16.7. The number of nitrogens with one attached hydrogen (secondary N) is 1. The summed E-state index contributed by atoms with van der Waals surface area (Å²) < 4.78 is 13.6. The summed E-state index contributed by atoms with van der Waals surface area (Å²) in [4.78, 5) is 15.0. The first-order valence-corrected chi connectivity index (χ1v) is 9.41. The second-order valence-electron chi connectivity index (χ2n) is 8.03. The first-order chi connectivity index (χ1) is 11.6. The molecule has 4 atom stereocenters. The van der Waals surface area contributed by atoms with Crippen molar-refractivity contribution in [1.82, 2.24) is 10.2 Å². The summed E-state index contributed by atoms with van der Waals surface area (Å²) in [5.41, 5.74) is 0.943. The van der Waals surface area contributed by atoms with Crippen LogP contribution >= 0.6 is 12.4 Å². The predicted molar refractivity (Wildman–Crippen MR) is 99.2 cm³/mol. The van der Waals surface area contributed by atoms with E-state index in [0.29, 0.717) is 30.3 Å². The summed E-state index contributed by atoms with van der Waals surface area (Å²) in [6.07, 6.45) is 6.47. The molecule has 3 aliphatic heterocycles. The Morgan fingerprint density at radius 1 is 1.24 bits per heavy atom. The number of benzene rings is 1. The van der Waals surface area contributed by atoms with Crippen molar-refractivity contribution in [2.24, 2.45) is 11.8 Å². The van der Waals surface area contributed by atoms with Crippen LogP contribution in [0.15, 0.2) is 24.3 Å². The van der Waals surface area contributed by atoms with Crippen LogP contribution in [0.3, 0.4) is 0 Å². The molecule has 4 rings (SSSR count). The van der Waals surface area contributed by atoms with Crippen molar-refractivity contribution < 1.29 is 9.18 Å². The third-order valence-corrected chi connectivity index (χ3v) is 6.24. The van der Waals surface area contributed by atoms with Crippen molar-refractivity contribution in [2.45, 2.75) is 63.6 Å². The first kappa shape index (κ1) is 18.7. The quantitative estimate of drug-likeness (QED) is 0.874. The summed E-state index contributed by atoms with van der Waals surface area (Å²) in [6.45, 7) is 2.98. The Morgan fingerprint density at radius 2 is 1.96 bits per heavy atom. The van der Waals surface area contributed by atoms with Gasteiger partial charge in [-0.25, -0.2) is 4.39 Å². The SMILES string of the molecule is CC1CCN(C(=O)CC2CC3CCC(C2)N3)C1c1cccc(F)c1.Cl. The lowest BCUT2D eigenvalue weighted by Crippen LogP contribution is -2.40. The minimum absolute atomic E-state index is 0. The third kappa shape index (κ3) is 3.85. The molecule has 0 saturated carbocycles. The van der Waals surface area contributed by atoms with E-state index >= 15 is 0 Å². The summed E-state index contributed by atoms with van der Waals surface area (Å²) in [6, 6.07) is 8.06. The van der Waals surface area contributed by atoms with E-state index in [9.17, 15) is 9.18 Å². The Morgan fingerprint density at radius 3 is 2.64 bits per heavy atom. The van der Waals surface area contributed by atoms with E-state index in [-0.39, 0.29) is 30.2 Å². The molecule has 0 radical (unpaired) electrons. The van der Waals surface area contributed by atoms with Gasteiger partial charge in [0.1, 0.15) is 5.82 Å². The number of halogens is 2. The number of nitrogens with zero attached hydrogens (tertiary/aromatic N) is 1. The molecular weight excluding hydrogens is 339 g/mol. The molecule has 3 saturated heterocycles. The monoisotopic (exact) mass is 366 g/mol. The zero-order valence-corrected chi connectivity index (χ0v) is 15.6. The van der Waals surface area contributed by atoms with E-state index in [2.05, 4.69) is 12.2 Å². The van der Waals surface area contributed by atoms with Gasteiger partial charge in [0, 0.05) is 25.0 Å². The van der Waals surface area contributed by atoms with Crippen LogP contribution in [0, 0.1) is 17.7 Å². The molecule has 138 valence electrons. The van der Waals surface area contributed by atoms with Gasteiger partial charge in [-0.2, -0.15) is 0 Å². The van der Waals surface area contributed by atoms with Gasteiger partial charge in [0.2, 0.25) is 5.91 Å². The average molecular weight is 367 g/mol. The summed E-state index contributed by atoms with van der Waals surface area (Å²) >= 11 is 0. The number of hydrogen-bond acceptors (Lipinski definition) is 2. The molecular formula is C20H28ClFN2O. The van der Waals surface area contributed by atoms with Crippen LogP contribution in [0.25, 0.3) is 0 Å². The van der Waals surface area contributed by atoms with Gasteiger partial charge in [-0.15, -0.1) is 12.4 Å². The highest BCUT2D eigenvalue weighted by molar-refractivity contribution is 5.85. The van der Waals surface area contributed by atoms with Crippen molar-refractivity contribution in [1.29, 1.82) is 0 Å². The molecule has 0 aromatic heterocycles. The number of carbonyl (C=O) groups excluding carboxylic acids is 1. The lowest BCUT2D eigenvalue weighted by molar-refractivity contribution is -0.133. The molecule has 3 heterocycles. The highest BCUT2D eigenvalue weighted by Crippen LogP contribution is 2.39. The number of fused-ring (bicyclic) bond motifs is 2. The fourth-order valence-electron chi connectivity index (χ4n) is 5.13. The Kier molecular flexibility index (Phi) is 5.69. The Bertz CT molecular complexity index is 613. The summed E-state index contributed by atoms with van der Waals surface area (Å²) in [5.74, 6) is 0.953. The fraction of sp³-hybridized carbons (Fsp3) is 0.650. The summed E-state index contributed by atoms with van der Waals surface area (Å²) in [7, 11) is 0. The van der Waals surface area contributed by atoms with Crippen LogP contribution in [0.1, 0.15) is 57.1 Å². The molecule has 3 nitrogen and oxygen atoms in total. The fourth-order valence-corrected chi connectivity index (χ4v) is 5.13. The lowest BCUT2D eigenvalue weighted by atomic mass is 9.89. The van der Waals surface area contributed by atoms with Crippen LogP contribution < -0.4 is 5.32 Å². The summed E-state index contributed by atoms with van der Waals surface area (Å²) in [5, 5.41) is 3.64. The molecule has 3 fully saturated rings. The Labute approximate surface area is 155 Å². The number of hydrogen-bond donors (Lipinski definition) is 1. The topological polar surface area (TPSA) is 32.3 Å². The molecule has 25 heavy (non-hydrogen) atoms. The molecule has 1 aromatic carbocycles. The predicted octanol–water partition coefficient (Wildman–Crippen LogP) is 4.08. The first-order valence-electron chi connectivity index (χ1n) is 9.41. The van der Waals surface area contributed by atoms with Gasteiger partial charge < -0.3 is 10.2 Å². The van der Waals surface area contributed by atoms with Gasteiger partial charge >= 0.3 is 0 Å². The van der Waals surface area contributed by atoms with Crippen molar-refractivity contribution >= 4 is 18.3 Å². The second kappa shape index (κ2) is 7.63. The molecule has 1 amide bonds. The maximum absolute atomic E-state index is 13.6. The second-order valence-corrected chi connectivity index (χ2v) is 8.03. The maximum Gasteiger partial charge on any atom is 0.223 e. The van der Waals surface area contributed by atoms with Crippen LogP contribution in [0.4, 0.5) is 4.39 Å². The number of amides is 1. The van der Waals surface area contributed by atoms with Gasteiger partial charge in [-0.3, -0.25) is 4.79 Å². The molecule has 1 aromatic rings. The maximum atomic E-state index is 13.6. The molecule has 0 spiro atoms. The molecule has 2 bridgehead atoms. The lowest BCUT2D eigenvalue weighted by Gasteiger charge is -2.32. The molecule has 1 N–H and O–H groups in total. The molecule has 3 aliphatic rings. The van der Waals surface area contributed by atoms with E-state index in [1.165, 1.54) is 18.9 Å². The standard InChI is InChI=1S/C20H27FN2O.ClH/c1-13-7-8-23(20(13)15-3-2-4-16(21)12-15)19(24)11-14-9-17-5-6-18(10-14)22-17;/h2-4,12-14,17-18,20,22H,5-11H2,1H3;1H. The normalized spacial score (nSPS) is 34.0. The largest absolute Gasteiger partial charge is 0.335 e. The average Bonchev–Trinajstić information content (AvgIpc) is 3.10. The van der Waals surface area contributed by atoms with E-state index in [0.717, 1.165) is 31.4 Å². The number of likely N-dealkylation sites (tertiary alicyclic amines) is 1. The number of rotatable bonds is 3. The van der Waals surface area contributed by atoms with Gasteiger partial charge in [0.15, 0.2) is 0 Å². The van der Waals surface area contributed by atoms with Crippen LogP contribution in [0.5, 0.6) is 0 Å². The Hall–Kier alpha value is -1.13. The van der Waals surface area contributed by atoms with E-state index in [1.807, 2.05) is 11.0 Å². The van der Waals surface area contributed by atoms with E-state index in [4.69, 9.17) is 0 Å². The van der Waals surface area contributed by atoms with Gasteiger partial charge in [0.05, 0.1) is 6.04 Å². The van der Waals surface area contributed by atoms with Crippen LogP contribution in [-0.2, 0) is 4.79 Å². The van der Waals surface area contributed by atoms with E-state index < -0.39 is 0 Å². The highest BCUT2D eigenvalue weighted by atomic mass is 35.5. The molecule has 0 aliphatic carbocycles. The van der Waals surface area contributed by atoms with Gasteiger partial charge in [-0.05, 0) is 61.6 Å². The number of carbonyl (C=O) groups is 1. The minimum Gasteiger partial charge on any atom is -0.335 e. The van der Waals surface area contributed by atoms with Crippen molar-refractivity contribution in [3.63, 3.8) is 0 Å². The van der Waals surface area contributed by atoms with E-state index in [1.54, 1.807) is 12.1 Å². The Balaban J connectivity index is 0.00000182.